The van der Waals surface area contributed by atoms with Gasteiger partial charge in [0.2, 0.25) is 5.91 Å². The molecule has 2 heterocycles. The second-order valence-electron chi connectivity index (χ2n) is 7.15. The molecule has 2 amide bonds. The van der Waals surface area contributed by atoms with Gasteiger partial charge in [0.1, 0.15) is 11.4 Å². The van der Waals surface area contributed by atoms with Gasteiger partial charge in [0.15, 0.2) is 0 Å². The fourth-order valence-corrected chi connectivity index (χ4v) is 3.53. The molecule has 0 unspecified atom stereocenters. The highest BCUT2D eigenvalue weighted by atomic mass is 16.2. The summed E-state index contributed by atoms with van der Waals surface area (Å²) in [7, 11) is 0. The average molecular weight is 369 g/mol. The summed E-state index contributed by atoms with van der Waals surface area (Å²) < 4.78 is 1.67. The van der Waals surface area contributed by atoms with Gasteiger partial charge in [0.25, 0.3) is 5.91 Å². The van der Waals surface area contributed by atoms with Crippen molar-refractivity contribution >= 4 is 17.6 Å². The molecule has 0 atom stereocenters. The van der Waals surface area contributed by atoms with Gasteiger partial charge in [-0.1, -0.05) is 30.3 Å². The minimum absolute atomic E-state index is 0.117. The number of nitrogens with zero attached hydrogens (tertiary/aromatic N) is 3. The average Bonchev–Trinajstić information content (AvgIpc) is 2.94. The molecular formula is C20H27N5O2. The molecule has 1 saturated heterocycles. The maximum Gasteiger partial charge on any atom is 0.256 e. The first-order chi connectivity index (χ1) is 13.0. The van der Waals surface area contributed by atoms with Gasteiger partial charge < -0.3 is 16.0 Å². The van der Waals surface area contributed by atoms with Crippen molar-refractivity contribution in [3.05, 3.63) is 47.2 Å². The Morgan fingerprint density at radius 2 is 1.89 bits per heavy atom. The smallest absolute Gasteiger partial charge is 0.256 e. The van der Waals surface area contributed by atoms with Gasteiger partial charge in [-0.25, -0.2) is 4.68 Å². The van der Waals surface area contributed by atoms with Gasteiger partial charge in [0.05, 0.1) is 12.2 Å². The first kappa shape index (κ1) is 18.9. The number of aryl methyl sites for hydroxylation is 1. The van der Waals surface area contributed by atoms with Crippen molar-refractivity contribution in [3.8, 4) is 0 Å². The molecule has 1 aromatic heterocycles. The van der Waals surface area contributed by atoms with Gasteiger partial charge in [-0.3, -0.25) is 9.59 Å². The summed E-state index contributed by atoms with van der Waals surface area (Å²) in [4.78, 5) is 25.9. The zero-order chi connectivity index (χ0) is 19.4. The van der Waals surface area contributed by atoms with Crippen molar-refractivity contribution in [2.75, 3.05) is 25.4 Å². The highest BCUT2D eigenvalue weighted by molar-refractivity contribution is 5.99. The van der Waals surface area contributed by atoms with E-state index in [0.29, 0.717) is 36.1 Å². The Balaban J connectivity index is 1.59. The summed E-state index contributed by atoms with van der Waals surface area (Å²) in [6.45, 7) is 6.04. The molecule has 0 saturated carbocycles. The number of hydrogen-bond acceptors (Lipinski definition) is 4. The molecule has 7 heteroatoms. The van der Waals surface area contributed by atoms with Crippen LogP contribution < -0.4 is 11.1 Å². The van der Waals surface area contributed by atoms with Gasteiger partial charge in [0, 0.05) is 26.6 Å². The fraction of sp³-hybridized carbons (Fsp3) is 0.450. The third-order valence-corrected chi connectivity index (χ3v) is 5.18. The van der Waals surface area contributed by atoms with Crippen LogP contribution in [0.2, 0.25) is 0 Å². The van der Waals surface area contributed by atoms with Crippen LogP contribution in [0.3, 0.4) is 0 Å². The Morgan fingerprint density at radius 3 is 2.52 bits per heavy atom. The molecule has 0 spiro atoms. The molecule has 2 aromatic rings. The van der Waals surface area contributed by atoms with E-state index in [4.69, 9.17) is 5.73 Å². The maximum absolute atomic E-state index is 12.7. The lowest BCUT2D eigenvalue weighted by Gasteiger charge is -2.31. The number of nitrogens with two attached hydrogens (primary N) is 1. The van der Waals surface area contributed by atoms with E-state index in [-0.39, 0.29) is 11.8 Å². The Kier molecular flexibility index (Phi) is 5.78. The van der Waals surface area contributed by atoms with Crippen molar-refractivity contribution in [1.29, 1.82) is 0 Å². The van der Waals surface area contributed by atoms with E-state index in [9.17, 15) is 9.59 Å². The van der Waals surface area contributed by atoms with E-state index < -0.39 is 0 Å². The number of carbonyl (C=O) groups excluding carboxylic acids is 2. The SMILES string of the molecule is CC(=O)N1CCC(CNC(=O)c2c(C)nn(Cc3ccccc3)c2N)CC1. The monoisotopic (exact) mass is 369 g/mol. The van der Waals surface area contributed by atoms with Crippen molar-refractivity contribution in [3.63, 3.8) is 0 Å². The minimum atomic E-state index is -0.182. The number of aromatic nitrogens is 2. The van der Waals surface area contributed by atoms with E-state index in [1.807, 2.05) is 35.2 Å². The molecule has 27 heavy (non-hydrogen) atoms. The normalized spacial score (nSPS) is 15.0. The largest absolute Gasteiger partial charge is 0.383 e. The standard InChI is InChI=1S/C20H27N5O2/c1-14-18(19(21)25(23-14)13-17-6-4-3-5-7-17)20(27)22-12-16-8-10-24(11-9-16)15(2)26/h3-7,16H,8-13,21H2,1-2H3,(H,22,27). The number of likely N-dealkylation sites (tertiary alicyclic amines) is 1. The molecule has 0 radical (unpaired) electrons. The van der Waals surface area contributed by atoms with Crippen LogP contribution in [-0.2, 0) is 11.3 Å². The third-order valence-electron chi connectivity index (χ3n) is 5.18. The number of benzene rings is 1. The molecular weight excluding hydrogens is 342 g/mol. The number of amides is 2. The predicted octanol–water partition coefficient (Wildman–Crippen LogP) is 1.81. The summed E-state index contributed by atoms with van der Waals surface area (Å²) in [6.07, 6.45) is 1.81. The number of nitrogens with one attached hydrogen (secondary N) is 1. The molecule has 1 aliphatic heterocycles. The summed E-state index contributed by atoms with van der Waals surface area (Å²) in [5.41, 5.74) is 8.37. The Hall–Kier alpha value is -2.83. The van der Waals surface area contributed by atoms with E-state index in [2.05, 4.69) is 10.4 Å². The molecule has 1 aromatic carbocycles. The molecule has 3 N–H and O–H groups in total. The lowest BCUT2D eigenvalue weighted by atomic mass is 9.96. The summed E-state index contributed by atoms with van der Waals surface area (Å²) in [5, 5.41) is 7.43. The van der Waals surface area contributed by atoms with Crippen LogP contribution >= 0.6 is 0 Å². The number of carbonyl (C=O) groups is 2. The first-order valence-corrected chi connectivity index (χ1v) is 9.36. The molecule has 3 rings (SSSR count). The summed E-state index contributed by atoms with van der Waals surface area (Å²) in [5.74, 6) is 0.704. The van der Waals surface area contributed by atoms with Crippen LogP contribution in [0.15, 0.2) is 30.3 Å². The zero-order valence-corrected chi connectivity index (χ0v) is 15.9. The van der Waals surface area contributed by atoms with E-state index in [0.717, 1.165) is 31.5 Å². The van der Waals surface area contributed by atoms with Crippen LogP contribution in [0.4, 0.5) is 5.82 Å². The second-order valence-corrected chi connectivity index (χ2v) is 7.15. The van der Waals surface area contributed by atoms with Crippen LogP contribution in [0, 0.1) is 12.8 Å². The van der Waals surface area contributed by atoms with Gasteiger partial charge in [-0.2, -0.15) is 5.10 Å². The molecule has 1 aliphatic rings. The Morgan fingerprint density at radius 1 is 1.22 bits per heavy atom. The first-order valence-electron chi connectivity index (χ1n) is 9.36. The molecule has 0 bridgehead atoms. The molecule has 1 fully saturated rings. The summed E-state index contributed by atoms with van der Waals surface area (Å²) >= 11 is 0. The molecule has 7 nitrogen and oxygen atoms in total. The third kappa shape index (κ3) is 4.48. The van der Waals surface area contributed by atoms with Crippen molar-refractivity contribution in [1.82, 2.24) is 20.0 Å². The maximum atomic E-state index is 12.7. The second kappa shape index (κ2) is 8.24. The number of piperidine rings is 1. The number of nitrogen functional groups attached to an aromatic ring is 1. The number of rotatable bonds is 5. The molecule has 144 valence electrons. The quantitative estimate of drug-likeness (QED) is 0.841. The lowest BCUT2D eigenvalue weighted by Crippen LogP contribution is -2.40. The van der Waals surface area contributed by atoms with Gasteiger partial charge >= 0.3 is 0 Å². The van der Waals surface area contributed by atoms with E-state index >= 15 is 0 Å². The Bertz CT molecular complexity index is 807. The van der Waals surface area contributed by atoms with Crippen molar-refractivity contribution < 1.29 is 9.59 Å². The van der Waals surface area contributed by atoms with E-state index in [1.165, 1.54) is 0 Å². The Labute approximate surface area is 159 Å². The number of anilines is 1. The van der Waals surface area contributed by atoms with Crippen LogP contribution in [-0.4, -0.2) is 46.1 Å². The highest BCUT2D eigenvalue weighted by Gasteiger charge is 2.23. The van der Waals surface area contributed by atoms with Crippen LogP contribution in [0.1, 0.15) is 41.4 Å². The summed E-state index contributed by atoms with van der Waals surface area (Å²) in [6, 6.07) is 9.90. The number of hydrogen-bond donors (Lipinski definition) is 2. The molecule has 0 aliphatic carbocycles. The van der Waals surface area contributed by atoms with Gasteiger partial charge in [-0.05, 0) is 31.2 Å². The minimum Gasteiger partial charge on any atom is -0.383 e. The predicted molar refractivity (Wildman–Crippen MR) is 104 cm³/mol. The van der Waals surface area contributed by atoms with Crippen LogP contribution in [0.25, 0.3) is 0 Å². The van der Waals surface area contributed by atoms with Gasteiger partial charge in [-0.15, -0.1) is 0 Å². The lowest BCUT2D eigenvalue weighted by molar-refractivity contribution is -0.130. The zero-order valence-electron chi connectivity index (χ0n) is 15.9. The fourth-order valence-electron chi connectivity index (χ4n) is 3.53. The van der Waals surface area contributed by atoms with Crippen LogP contribution in [0.5, 0.6) is 0 Å². The van der Waals surface area contributed by atoms with Crippen molar-refractivity contribution in [2.24, 2.45) is 5.92 Å². The highest BCUT2D eigenvalue weighted by Crippen LogP contribution is 2.19. The van der Waals surface area contributed by atoms with Crippen molar-refractivity contribution in [2.45, 2.75) is 33.2 Å². The van der Waals surface area contributed by atoms with E-state index in [1.54, 1.807) is 18.5 Å². The topological polar surface area (TPSA) is 93.2 Å².